The normalized spacial score (nSPS) is 19.9. The van der Waals surface area contributed by atoms with Crippen molar-refractivity contribution in [3.05, 3.63) is 29.3 Å². The molecule has 1 aromatic rings. The van der Waals surface area contributed by atoms with E-state index in [4.69, 9.17) is 0 Å². The van der Waals surface area contributed by atoms with Gasteiger partial charge in [0, 0.05) is 17.6 Å². The van der Waals surface area contributed by atoms with Crippen molar-refractivity contribution in [3.63, 3.8) is 0 Å². The van der Waals surface area contributed by atoms with E-state index in [1.165, 1.54) is 49.9 Å². The van der Waals surface area contributed by atoms with Gasteiger partial charge < -0.3 is 5.32 Å². The molecule has 3 rings (SSSR count). The number of hydrogen-bond donors (Lipinski definition) is 1. The second-order valence-electron chi connectivity index (χ2n) is 6.44. The molecule has 116 valence electrons. The smallest absolute Gasteiger partial charge is 0.226 e. The Morgan fingerprint density at radius 2 is 1.86 bits per heavy atom. The van der Waals surface area contributed by atoms with Gasteiger partial charge in [-0.3, -0.25) is 9.69 Å². The van der Waals surface area contributed by atoms with Gasteiger partial charge in [0.25, 0.3) is 0 Å². The number of hydrogen-bond acceptors (Lipinski definition) is 2. The number of benzene rings is 1. The minimum absolute atomic E-state index is 0. The summed E-state index contributed by atoms with van der Waals surface area (Å²) in [6, 6.07) is 6.13. The van der Waals surface area contributed by atoms with Crippen LogP contribution in [0, 0.1) is 13.8 Å². The van der Waals surface area contributed by atoms with Crippen molar-refractivity contribution in [2.24, 2.45) is 0 Å². The van der Waals surface area contributed by atoms with E-state index in [2.05, 4.69) is 36.2 Å². The van der Waals surface area contributed by atoms with E-state index in [0.29, 0.717) is 6.42 Å². The summed E-state index contributed by atoms with van der Waals surface area (Å²) in [6.07, 6.45) is 5.52. The molecule has 0 atom stereocenters. The van der Waals surface area contributed by atoms with Crippen LogP contribution >= 0.6 is 12.4 Å². The fraction of sp³-hybridized carbons (Fsp3) is 0.588. The third kappa shape index (κ3) is 3.24. The standard InChI is InChI=1S/C17H24N2O.ClH/c1-13-5-6-15(11-14(13)2)18-16(20)12-17-7-3-9-19(17)10-4-8-17;/h5-6,11H,3-4,7-10,12H2,1-2H3,(H,18,20);1H. The van der Waals surface area contributed by atoms with Gasteiger partial charge in [0.15, 0.2) is 0 Å². The van der Waals surface area contributed by atoms with Gasteiger partial charge in [-0.25, -0.2) is 0 Å². The molecule has 3 nitrogen and oxygen atoms in total. The zero-order valence-electron chi connectivity index (χ0n) is 12.9. The van der Waals surface area contributed by atoms with E-state index < -0.39 is 0 Å². The number of fused-ring (bicyclic) bond motifs is 1. The number of carbonyl (C=O) groups excluding carboxylic acids is 1. The Hall–Kier alpha value is -1.06. The van der Waals surface area contributed by atoms with E-state index in [1.54, 1.807) is 0 Å². The number of nitrogens with one attached hydrogen (secondary N) is 1. The molecule has 1 amide bonds. The summed E-state index contributed by atoms with van der Waals surface area (Å²) in [5.41, 5.74) is 3.59. The lowest BCUT2D eigenvalue weighted by molar-refractivity contribution is -0.118. The highest BCUT2D eigenvalue weighted by Crippen LogP contribution is 2.41. The Labute approximate surface area is 133 Å². The Bertz CT molecular complexity index is 520. The zero-order chi connectivity index (χ0) is 14.2. The molecule has 0 bridgehead atoms. The van der Waals surface area contributed by atoms with Gasteiger partial charge in [-0.2, -0.15) is 0 Å². The van der Waals surface area contributed by atoms with Crippen LogP contribution in [-0.2, 0) is 4.79 Å². The van der Waals surface area contributed by atoms with Crippen molar-refractivity contribution in [1.29, 1.82) is 0 Å². The van der Waals surface area contributed by atoms with Gasteiger partial charge in [-0.15, -0.1) is 12.4 Å². The second-order valence-corrected chi connectivity index (χ2v) is 6.44. The molecule has 0 aliphatic carbocycles. The maximum absolute atomic E-state index is 12.4. The second kappa shape index (κ2) is 6.37. The quantitative estimate of drug-likeness (QED) is 0.924. The maximum atomic E-state index is 12.4. The predicted octanol–water partition coefficient (Wildman–Crippen LogP) is 3.68. The zero-order valence-corrected chi connectivity index (χ0v) is 13.8. The predicted molar refractivity (Wildman–Crippen MR) is 89.2 cm³/mol. The van der Waals surface area contributed by atoms with E-state index in [0.717, 1.165) is 5.69 Å². The molecule has 2 aliphatic heterocycles. The third-order valence-corrected chi connectivity index (χ3v) is 5.09. The topological polar surface area (TPSA) is 32.3 Å². The van der Waals surface area contributed by atoms with Crippen LogP contribution < -0.4 is 5.32 Å². The molecule has 4 heteroatoms. The minimum atomic E-state index is 0. The summed E-state index contributed by atoms with van der Waals surface area (Å²) in [4.78, 5) is 14.9. The molecule has 0 radical (unpaired) electrons. The van der Waals surface area contributed by atoms with Gasteiger partial charge in [0.2, 0.25) is 5.91 Å². The molecular formula is C17H25ClN2O. The maximum Gasteiger partial charge on any atom is 0.226 e. The summed E-state index contributed by atoms with van der Waals surface area (Å²) in [5.74, 6) is 0.169. The van der Waals surface area contributed by atoms with Crippen LogP contribution in [0.1, 0.15) is 43.2 Å². The fourth-order valence-electron chi connectivity index (χ4n) is 3.84. The first kappa shape index (κ1) is 16.3. The van der Waals surface area contributed by atoms with Crippen molar-refractivity contribution in [3.8, 4) is 0 Å². The number of nitrogens with zero attached hydrogens (tertiary/aromatic N) is 1. The number of carbonyl (C=O) groups is 1. The molecule has 0 unspecified atom stereocenters. The highest BCUT2D eigenvalue weighted by Gasteiger charge is 2.45. The fourth-order valence-corrected chi connectivity index (χ4v) is 3.84. The van der Waals surface area contributed by atoms with Crippen molar-refractivity contribution in [1.82, 2.24) is 4.90 Å². The lowest BCUT2D eigenvalue weighted by atomic mass is 9.90. The number of aryl methyl sites for hydroxylation is 2. The molecule has 2 heterocycles. The summed E-state index contributed by atoms with van der Waals surface area (Å²) in [7, 11) is 0. The number of rotatable bonds is 3. The van der Waals surface area contributed by atoms with Crippen LogP contribution in [0.3, 0.4) is 0 Å². The van der Waals surface area contributed by atoms with Crippen LogP contribution in [0.15, 0.2) is 18.2 Å². The third-order valence-electron chi connectivity index (χ3n) is 5.09. The van der Waals surface area contributed by atoms with Crippen LogP contribution in [-0.4, -0.2) is 29.4 Å². The van der Waals surface area contributed by atoms with Gasteiger partial charge in [0.1, 0.15) is 0 Å². The average Bonchev–Trinajstić information content (AvgIpc) is 2.92. The van der Waals surface area contributed by atoms with E-state index in [1.807, 2.05) is 6.07 Å². The Morgan fingerprint density at radius 3 is 2.48 bits per heavy atom. The van der Waals surface area contributed by atoms with Crippen molar-refractivity contribution < 1.29 is 4.79 Å². The molecule has 2 fully saturated rings. The van der Waals surface area contributed by atoms with Crippen molar-refractivity contribution >= 4 is 24.0 Å². The van der Waals surface area contributed by atoms with Gasteiger partial charge >= 0.3 is 0 Å². The number of amides is 1. The van der Waals surface area contributed by atoms with Gasteiger partial charge in [0.05, 0.1) is 0 Å². The van der Waals surface area contributed by atoms with Crippen LogP contribution in [0.2, 0.25) is 0 Å². The molecular weight excluding hydrogens is 284 g/mol. The van der Waals surface area contributed by atoms with Gasteiger partial charge in [-0.1, -0.05) is 6.07 Å². The lowest BCUT2D eigenvalue weighted by Gasteiger charge is -2.31. The first-order valence-electron chi connectivity index (χ1n) is 7.71. The number of anilines is 1. The van der Waals surface area contributed by atoms with Crippen molar-refractivity contribution in [2.75, 3.05) is 18.4 Å². The molecule has 0 spiro atoms. The molecule has 1 aromatic carbocycles. The highest BCUT2D eigenvalue weighted by atomic mass is 35.5. The van der Waals surface area contributed by atoms with Crippen LogP contribution in [0.5, 0.6) is 0 Å². The first-order chi connectivity index (χ1) is 9.59. The number of halogens is 1. The SMILES string of the molecule is Cc1ccc(NC(=O)CC23CCCN2CCC3)cc1C.Cl. The van der Waals surface area contributed by atoms with Crippen LogP contribution in [0.25, 0.3) is 0 Å². The molecule has 21 heavy (non-hydrogen) atoms. The van der Waals surface area contributed by atoms with E-state index in [9.17, 15) is 4.79 Å². The lowest BCUT2D eigenvalue weighted by Crippen LogP contribution is -2.41. The van der Waals surface area contributed by atoms with Gasteiger partial charge in [-0.05, 0) is 75.9 Å². The molecule has 2 aliphatic rings. The monoisotopic (exact) mass is 308 g/mol. The van der Waals surface area contributed by atoms with E-state index >= 15 is 0 Å². The molecule has 0 saturated carbocycles. The van der Waals surface area contributed by atoms with Crippen molar-refractivity contribution in [2.45, 2.75) is 51.5 Å². The Morgan fingerprint density at radius 1 is 1.19 bits per heavy atom. The largest absolute Gasteiger partial charge is 0.326 e. The first-order valence-corrected chi connectivity index (χ1v) is 7.71. The Kier molecular flexibility index (Phi) is 4.95. The van der Waals surface area contributed by atoms with Crippen LogP contribution in [0.4, 0.5) is 5.69 Å². The summed E-state index contributed by atoms with van der Waals surface area (Å²) in [5, 5.41) is 3.08. The molecule has 1 N–H and O–H groups in total. The van der Waals surface area contributed by atoms with E-state index in [-0.39, 0.29) is 23.9 Å². The minimum Gasteiger partial charge on any atom is -0.326 e. The average molecular weight is 309 g/mol. The summed E-state index contributed by atoms with van der Waals surface area (Å²) < 4.78 is 0. The Balaban J connectivity index is 0.00000161. The molecule has 0 aromatic heterocycles. The summed E-state index contributed by atoms with van der Waals surface area (Å²) in [6.45, 7) is 6.53. The summed E-state index contributed by atoms with van der Waals surface area (Å²) >= 11 is 0. The highest BCUT2D eigenvalue weighted by molar-refractivity contribution is 5.91. The molecule has 2 saturated heterocycles.